The molecule has 0 bridgehead atoms. The molecule has 1 aliphatic heterocycles. The van der Waals surface area contributed by atoms with Gasteiger partial charge in [0.25, 0.3) is 5.91 Å². The van der Waals surface area contributed by atoms with E-state index in [2.05, 4.69) is 5.32 Å². The number of carbonyl (C=O) groups is 2. The summed E-state index contributed by atoms with van der Waals surface area (Å²) >= 11 is 6.17. The van der Waals surface area contributed by atoms with E-state index in [0.717, 1.165) is 16.6 Å². The van der Waals surface area contributed by atoms with Crippen LogP contribution in [0.25, 0.3) is 11.0 Å². The van der Waals surface area contributed by atoms with E-state index in [0.29, 0.717) is 29.6 Å². The van der Waals surface area contributed by atoms with Gasteiger partial charge in [0.1, 0.15) is 6.04 Å². The highest BCUT2D eigenvalue weighted by molar-refractivity contribution is 6.33. The lowest BCUT2D eigenvalue weighted by molar-refractivity contribution is -0.124. The Bertz CT molecular complexity index is 1300. The van der Waals surface area contributed by atoms with Crippen LogP contribution >= 0.6 is 11.6 Å². The van der Waals surface area contributed by atoms with Crippen molar-refractivity contribution in [1.82, 2.24) is 9.55 Å². The summed E-state index contributed by atoms with van der Waals surface area (Å²) in [6.07, 6.45) is 0.702. The Hall–Kier alpha value is -3.64. The maximum atomic E-state index is 13.4. The smallest absolute Gasteiger partial charge is 0.253 e. The first-order valence-electron chi connectivity index (χ1n) is 10.5. The molecule has 1 N–H and O–H groups in total. The van der Waals surface area contributed by atoms with Crippen molar-refractivity contribution in [2.75, 3.05) is 16.8 Å². The van der Waals surface area contributed by atoms with Crippen molar-refractivity contribution in [3.05, 3.63) is 89.4 Å². The molecule has 0 saturated heterocycles. The quantitative estimate of drug-likeness (QED) is 0.462. The summed E-state index contributed by atoms with van der Waals surface area (Å²) in [6, 6.07) is 24.1. The van der Waals surface area contributed by atoms with Crippen LogP contribution in [0.3, 0.4) is 0 Å². The Morgan fingerprint density at radius 3 is 2.50 bits per heavy atom. The lowest BCUT2D eigenvalue weighted by Crippen LogP contribution is -2.33. The van der Waals surface area contributed by atoms with Gasteiger partial charge in [-0.2, -0.15) is 0 Å². The van der Waals surface area contributed by atoms with Gasteiger partial charge in [0.15, 0.2) is 0 Å². The summed E-state index contributed by atoms with van der Waals surface area (Å²) in [7, 11) is 0. The molecule has 5 rings (SSSR count). The van der Waals surface area contributed by atoms with Gasteiger partial charge in [-0.3, -0.25) is 19.1 Å². The fourth-order valence-electron chi connectivity index (χ4n) is 4.13. The van der Waals surface area contributed by atoms with Crippen LogP contribution < -0.4 is 10.2 Å². The number of aromatic nitrogens is 2. The van der Waals surface area contributed by atoms with Crippen molar-refractivity contribution < 1.29 is 9.59 Å². The largest absolute Gasteiger partial charge is 0.325 e. The normalized spacial score (nSPS) is 15.2. The fraction of sp³-hybridized carbons (Fsp3) is 0.160. The van der Waals surface area contributed by atoms with E-state index < -0.39 is 6.04 Å². The van der Waals surface area contributed by atoms with E-state index in [9.17, 15) is 9.59 Å². The molecule has 1 aliphatic rings. The van der Waals surface area contributed by atoms with Crippen LogP contribution in [0.15, 0.2) is 78.9 Å². The Labute approximate surface area is 190 Å². The minimum Gasteiger partial charge on any atom is -0.325 e. The average molecular weight is 445 g/mol. The van der Waals surface area contributed by atoms with Gasteiger partial charge in [0.2, 0.25) is 11.9 Å². The van der Waals surface area contributed by atoms with Gasteiger partial charge in [-0.05, 0) is 36.2 Å². The number of hydrogen-bond donors (Lipinski definition) is 1. The zero-order valence-electron chi connectivity index (χ0n) is 17.2. The minimum absolute atomic E-state index is 0.000746. The van der Waals surface area contributed by atoms with Crippen molar-refractivity contribution in [2.45, 2.75) is 18.9 Å². The zero-order chi connectivity index (χ0) is 22.1. The molecule has 3 aromatic carbocycles. The van der Waals surface area contributed by atoms with Crippen LogP contribution in [0, 0.1) is 0 Å². The third kappa shape index (κ3) is 3.74. The fourth-order valence-corrected chi connectivity index (χ4v) is 4.32. The van der Waals surface area contributed by atoms with Crippen molar-refractivity contribution in [3.8, 4) is 0 Å². The molecule has 6 nitrogen and oxygen atoms in total. The van der Waals surface area contributed by atoms with Crippen LogP contribution in [-0.4, -0.2) is 27.9 Å². The maximum Gasteiger partial charge on any atom is 0.253 e. The zero-order valence-corrected chi connectivity index (χ0v) is 18.0. The predicted molar refractivity (Wildman–Crippen MR) is 126 cm³/mol. The van der Waals surface area contributed by atoms with E-state index in [1.807, 2.05) is 59.2 Å². The Morgan fingerprint density at radius 1 is 0.969 bits per heavy atom. The lowest BCUT2D eigenvalue weighted by Gasteiger charge is -2.16. The number of benzene rings is 3. The summed E-state index contributed by atoms with van der Waals surface area (Å²) in [5.74, 6) is 0.191. The Morgan fingerprint density at radius 2 is 1.69 bits per heavy atom. The standard InChI is InChI=1S/C25H21ClN4O2/c26-18-10-4-5-11-19(18)27-23(31)16-22-24(32)29(15-14-17-8-2-1-3-9-17)25-28-20-12-6-7-13-21(20)30(22)25/h1-13,22H,14-16H2,(H,27,31)/t22-/m0/s1. The second kappa shape index (κ2) is 8.48. The monoisotopic (exact) mass is 444 g/mol. The van der Waals surface area contributed by atoms with Crippen molar-refractivity contribution in [1.29, 1.82) is 0 Å². The average Bonchev–Trinajstić information content (AvgIpc) is 3.29. The molecule has 0 aliphatic carbocycles. The van der Waals surface area contributed by atoms with Crippen LogP contribution in [0.1, 0.15) is 18.0 Å². The maximum absolute atomic E-state index is 13.4. The minimum atomic E-state index is -0.657. The van der Waals surface area contributed by atoms with Crippen molar-refractivity contribution >= 4 is 46.1 Å². The Balaban J connectivity index is 1.43. The molecule has 2 amide bonds. The van der Waals surface area contributed by atoms with E-state index in [1.54, 1.807) is 29.2 Å². The number of fused-ring (bicyclic) bond motifs is 3. The molecule has 160 valence electrons. The third-order valence-corrected chi connectivity index (χ3v) is 6.00. The van der Waals surface area contributed by atoms with Gasteiger partial charge in [0, 0.05) is 6.54 Å². The molecule has 1 atom stereocenters. The summed E-state index contributed by atoms with van der Waals surface area (Å²) in [5, 5.41) is 3.28. The number of carbonyl (C=O) groups excluding carboxylic acids is 2. The summed E-state index contributed by atoms with van der Waals surface area (Å²) < 4.78 is 1.88. The van der Waals surface area contributed by atoms with Crippen LogP contribution in [0.4, 0.5) is 11.6 Å². The molecule has 7 heteroatoms. The van der Waals surface area contributed by atoms with E-state index in [4.69, 9.17) is 16.6 Å². The van der Waals surface area contributed by atoms with E-state index in [-0.39, 0.29) is 18.2 Å². The highest BCUT2D eigenvalue weighted by Gasteiger charge is 2.40. The first-order valence-corrected chi connectivity index (χ1v) is 10.9. The number of halogens is 1. The molecule has 0 radical (unpaired) electrons. The molecule has 1 aromatic heterocycles. The Kier molecular flexibility index (Phi) is 5.37. The molecule has 0 fully saturated rings. The number of anilines is 2. The number of nitrogens with zero attached hydrogens (tertiary/aromatic N) is 3. The van der Waals surface area contributed by atoms with Crippen LogP contribution in [0.5, 0.6) is 0 Å². The van der Waals surface area contributed by atoms with Crippen molar-refractivity contribution in [2.24, 2.45) is 0 Å². The topological polar surface area (TPSA) is 67.2 Å². The van der Waals surface area contributed by atoms with Crippen LogP contribution in [0.2, 0.25) is 5.02 Å². The van der Waals surface area contributed by atoms with Gasteiger partial charge in [0.05, 0.1) is 28.2 Å². The molecular formula is C25H21ClN4O2. The lowest BCUT2D eigenvalue weighted by atomic mass is 10.1. The number of hydrogen-bond acceptors (Lipinski definition) is 3. The van der Waals surface area contributed by atoms with Crippen molar-refractivity contribution in [3.63, 3.8) is 0 Å². The number of imidazole rings is 1. The SMILES string of the molecule is O=C(C[C@H]1C(=O)N(CCc2ccccc2)c2nc3ccccc3n21)Nc1ccccc1Cl. The molecule has 0 spiro atoms. The summed E-state index contributed by atoms with van der Waals surface area (Å²) in [5.41, 5.74) is 3.31. The number of para-hydroxylation sites is 3. The number of amides is 2. The third-order valence-electron chi connectivity index (χ3n) is 5.67. The van der Waals surface area contributed by atoms with Gasteiger partial charge in [-0.25, -0.2) is 4.98 Å². The van der Waals surface area contributed by atoms with Gasteiger partial charge < -0.3 is 5.32 Å². The molecule has 32 heavy (non-hydrogen) atoms. The van der Waals surface area contributed by atoms with E-state index in [1.165, 1.54) is 0 Å². The second-order valence-corrected chi connectivity index (χ2v) is 8.15. The van der Waals surface area contributed by atoms with Gasteiger partial charge in [-0.1, -0.05) is 66.2 Å². The summed E-state index contributed by atoms with van der Waals surface area (Å²) in [6.45, 7) is 0.495. The van der Waals surface area contributed by atoms with Crippen LogP contribution in [-0.2, 0) is 16.0 Å². The van der Waals surface area contributed by atoms with Gasteiger partial charge in [-0.15, -0.1) is 0 Å². The molecular weight excluding hydrogens is 424 g/mol. The van der Waals surface area contributed by atoms with Gasteiger partial charge >= 0.3 is 0 Å². The summed E-state index contributed by atoms with van der Waals surface area (Å²) in [4.78, 5) is 32.7. The predicted octanol–water partition coefficient (Wildman–Crippen LogP) is 4.85. The number of rotatable bonds is 6. The second-order valence-electron chi connectivity index (χ2n) is 7.74. The highest BCUT2D eigenvalue weighted by Crippen LogP contribution is 2.36. The molecule has 4 aromatic rings. The van der Waals surface area contributed by atoms with E-state index >= 15 is 0 Å². The molecule has 0 unspecified atom stereocenters. The first kappa shape index (κ1) is 20.3. The molecule has 0 saturated carbocycles. The first-order chi connectivity index (χ1) is 15.6. The highest BCUT2D eigenvalue weighted by atomic mass is 35.5. The number of nitrogens with one attached hydrogen (secondary N) is 1. The molecule has 2 heterocycles.